The van der Waals surface area contributed by atoms with Gasteiger partial charge >= 0.3 is 0 Å². The van der Waals surface area contributed by atoms with Crippen molar-refractivity contribution in [2.45, 2.75) is 55.6 Å². The molecule has 1 aromatic rings. The zero-order chi connectivity index (χ0) is 16.7. The monoisotopic (exact) mass is 347 g/mol. The summed E-state index contributed by atoms with van der Waals surface area (Å²) in [6.45, 7) is 2.10. The summed E-state index contributed by atoms with van der Waals surface area (Å²) >= 11 is 2.04. The summed E-state index contributed by atoms with van der Waals surface area (Å²) in [4.78, 5) is 13.0. The van der Waals surface area contributed by atoms with Crippen molar-refractivity contribution in [2.24, 2.45) is 0 Å². The molecule has 2 fully saturated rings. The molecule has 3 nitrogen and oxygen atoms in total. The van der Waals surface area contributed by atoms with E-state index in [2.05, 4.69) is 17.4 Å². The molecule has 0 radical (unpaired) electrons. The number of amides is 1. The molecule has 1 aliphatic carbocycles. The maximum Gasteiger partial charge on any atom is 0.230 e. The van der Waals surface area contributed by atoms with E-state index in [0.29, 0.717) is 13.2 Å². The van der Waals surface area contributed by atoms with Crippen molar-refractivity contribution >= 4 is 17.7 Å². The lowest BCUT2D eigenvalue weighted by Gasteiger charge is -2.36. The van der Waals surface area contributed by atoms with Gasteiger partial charge in [0.25, 0.3) is 0 Å². The van der Waals surface area contributed by atoms with Crippen LogP contribution < -0.4 is 5.32 Å². The highest BCUT2D eigenvalue weighted by atomic mass is 32.2. The molecule has 1 saturated heterocycles. The van der Waals surface area contributed by atoms with E-state index in [1.807, 2.05) is 30.0 Å². The Hall–Kier alpha value is -1.00. The van der Waals surface area contributed by atoms with Crippen LogP contribution in [-0.4, -0.2) is 36.7 Å². The lowest BCUT2D eigenvalue weighted by molar-refractivity contribution is -0.130. The fraction of sp³-hybridized carbons (Fsp3) is 0.650. The zero-order valence-corrected chi connectivity index (χ0v) is 15.3. The first-order valence-electron chi connectivity index (χ1n) is 9.34. The molecule has 24 heavy (non-hydrogen) atoms. The van der Waals surface area contributed by atoms with Crippen LogP contribution in [0.15, 0.2) is 30.3 Å². The number of nitrogens with one attached hydrogen (secondary N) is 1. The number of rotatable bonds is 6. The van der Waals surface area contributed by atoms with Crippen LogP contribution in [0.4, 0.5) is 0 Å². The fourth-order valence-corrected chi connectivity index (χ4v) is 5.13. The van der Waals surface area contributed by atoms with E-state index in [1.54, 1.807) is 0 Å². The van der Waals surface area contributed by atoms with Crippen molar-refractivity contribution in [1.82, 2.24) is 5.32 Å². The average molecular weight is 348 g/mol. The molecule has 1 aromatic carbocycles. The van der Waals surface area contributed by atoms with E-state index in [-0.39, 0.29) is 5.91 Å². The van der Waals surface area contributed by atoms with Crippen molar-refractivity contribution in [3.63, 3.8) is 0 Å². The van der Waals surface area contributed by atoms with E-state index in [4.69, 9.17) is 4.74 Å². The molecule has 0 bridgehead atoms. The third kappa shape index (κ3) is 4.34. The molecule has 2 aliphatic rings. The van der Waals surface area contributed by atoms with Crippen molar-refractivity contribution in [2.75, 3.05) is 25.5 Å². The number of thioether (sulfide) groups is 1. The standard InChI is InChI=1S/C20H29NO2S/c22-19(21-13-16-24-18-9-5-2-6-10-18)20(11-14-23-15-12-20)17-7-3-1-4-8-17/h1,3-4,7-8,18H,2,5-6,9-16H2,(H,21,22). The van der Waals surface area contributed by atoms with E-state index in [0.717, 1.165) is 36.0 Å². The largest absolute Gasteiger partial charge is 0.381 e. The first kappa shape index (κ1) is 17.8. The summed E-state index contributed by atoms with van der Waals surface area (Å²) in [5.74, 6) is 1.21. The molecule has 0 spiro atoms. The zero-order valence-electron chi connectivity index (χ0n) is 14.5. The average Bonchev–Trinajstić information content (AvgIpc) is 2.67. The highest BCUT2D eigenvalue weighted by molar-refractivity contribution is 7.99. The van der Waals surface area contributed by atoms with Gasteiger partial charge in [-0.2, -0.15) is 11.8 Å². The Bertz CT molecular complexity index is 508. The second-order valence-electron chi connectivity index (χ2n) is 6.95. The number of benzene rings is 1. The Morgan fingerprint density at radius 3 is 2.54 bits per heavy atom. The van der Waals surface area contributed by atoms with Gasteiger partial charge in [0, 0.05) is 30.8 Å². The van der Waals surface area contributed by atoms with Gasteiger partial charge in [0.1, 0.15) is 0 Å². The van der Waals surface area contributed by atoms with Gasteiger partial charge in [-0.05, 0) is 31.2 Å². The summed E-state index contributed by atoms with van der Waals surface area (Å²) in [5, 5.41) is 4.02. The van der Waals surface area contributed by atoms with Crippen LogP contribution in [0.25, 0.3) is 0 Å². The summed E-state index contributed by atoms with van der Waals surface area (Å²) in [7, 11) is 0. The Kier molecular flexibility index (Phi) is 6.61. The van der Waals surface area contributed by atoms with Crippen LogP contribution >= 0.6 is 11.8 Å². The molecule has 132 valence electrons. The van der Waals surface area contributed by atoms with Gasteiger partial charge in [0.05, 0.1) is 5.41 Å². The molecule has 1 N–H and O–H groups in total. The molecular formula is C20H29NO2S. The van der Waals surface area contributed by atoms with Crippen molar-refractivity contribution in [3.05, 3.63) is 35.9 Å². The van der Waals surface area contributed by atoms with E-state index >= 15 is 0 Å². The Morgan fingerprint density at radius 2 is 1.83 bits per heavy atom. The van der Waals surface area contributed by atoms with Crippen LogP contribution in [0.1, 0.15) is 50.5 Å². The summed E-state index contributed by atoms with van der Waals surface area (Å²) < 4.78 is 5.52. The topological polar surface area (TPSA) is 38.3 Å². The lowest BCUT2D eigenvalue weighted by atomic mass is 9.73. The molecule has 0 atom stereocenters. The Morgan fingerprint density at radius 1 is 1.12 bits per heavy atom. The molecule has 0 aromatic heterocycles. The first-order chi connectivity index (χ1) is 11.8. The Labute approximate surface area is 149 Å². The number of ether oxygens (including phenoxy) is 1. The third-order valence-electron chi connectivity index (χ3n) is 5.40. The Balaban J connectivity index is 1.54. The molecule has 0 unspecified atom stereocenters. The molecule has 1 aliphatic heterocycles. The SMILES string of the molecule is O=C(NCCSC1CCCCC1)C1(c2ccccc2)CCOCC1. The van der Waals surface area contributed by atoms with Crippen molar-refractivity contribution in [3.8, 4) is 0 Å². The maximum absolute atomic E-state index is 13.0. The smallest absolute Gasteiger partial charge is 0.230 e. The molecule has 3 rings (SSSR count). The van der Waals surface area contributed by atoms with Crippen LogP contribution in [-0.2, 0) is 14.9 Å². The molecule has 1 amide bonds. The number of carbonyl (C=O) groups excluding carboxylic acids is 1. The molecule has 1 saturated carbocycles. The summed E-state index contributed by atoms with van der Waals surface area (Å²) in [5.41, 5.74) is 0.723. The number of carbonyl (C=O) groups is 1. The molecular weight excluding hydrogens is 318 g/mol. The lowest BCUT2D eigenvalue weighted by Crippen LogP contribution is -2.48. The number of hydrogen-bond donors (Lipinski definition) is 1. The van der Waals surface area contributed by atoms with Crippen molar-refractivity contribution < 1.29 is 9.53 Å². The van der Waals surface area contributed by atoms with Crippen LogP contribution in [0.5, 0.6) is 0 Å². The van der Waals surface area contributed by atoms with E-state index in [9.17, 15) is 4.79 Å². The van der Waals surface area contributed by atoms with Crippen molar-refractivity contribution in [1.29, 1.82) is 0 Å². The second-order valence-corrected chi connectivity index (χ2v) is 8.36. The minimum atomic E-state index is -0.408. The van der Waals surface area contributed by atoms with Crippen LogP contribution in [0.2, 0.25) is 0 Å². The fourth-order valence-electron chi connectivity index (χ4n) is 3.92. The van der Waals surface area contributed by atoms with Gasteiger partial charge in [-0.15, -0.1) is 0 Å². The van der Waals surface area contributed by atoms with Gasteiger partial charge in [0.15, 0.2) is 0 Å². The highest BCUT2D eigenvalue weighted by Gasteiger charge is 2.41. The predicted octanol–water partition coefficient (Wildman–Crippen LogP) is 3.92. The van der Waals surface area contributed by atoms with Gasteiger partial charge in [-0.25, -0.2) is 0 Å². The van der Waals surface area contributed by atoms with Gasteiger partial charge in [-0.1, -0.05) is 49.6 Å². The van der Waals surface area contributed by atoms with Crippen LogP contribution in [0, 0.1) is 0 Å². The summed E-state index contributed by atoms with van der Waals surface area (Å²) in [6.07, 6.45) is 8.41. The minimum Gasteiger partial charge on any atom is -0.381 e. The highest BCUT2D eigenvalue weighted by Crippen LogP contribution is 2.35. The van der Waals surface area contributed by atoms with Gasteiger partial charge in [-0.3, -0.25) is 4.79 Å². The van der Waals surface area contributed by atoms with E-state index in [1.165, 1.54) is 32.1 Å². The third-order valence-corrected chi connectivity index (χ3v) is 6.78. The normalized spacial score (nSPS) is 21.3. The summed E-state index contributed by atoms with van der Waals surface area (Å²) in [6, 6.07) is 10.2. The van der Waals surface area contributed by atoms with Gasteiger partial charge < -0.3 is 10.1 Å². The quantitative estimate of drug-likeness (QED) is 0.793. The second kappa shape index (κ2) is 8.91. The maximum atomic E-state index is 13.0. The van der Waals surface area contributed by atoms with Crippen LogP contribution in [0.3, 0.4) is 0 Å². The number of hydrogen-bond acceptors (Lipinski definition) is 3. The van der Waals surface area contributed by atoms with E-state index < -0.39 is 5.41 Å². The predicted molar refractivity (Wildman–Crippen MR) is 101 cm³/mol. The molecule has 4 heteroatoms. The first-order valence-corrected chi connectivity index (χ1v) is 10.4. The minimum absolute atomic E-state index is 0.182. The van der Waals surface area contributed by atoms with Gasteiger partial charge in [0.2, 0.25) is 5.91 Å². The molecule has 1 heterocycles.